The van der Waals surface area contributed by atoms with Crippen LogP contribution in [0.15, 0.2) is 18.2 Å². The Morgan fingerprint density at radius 1 is 1.33 bits per heavy atom. The Morgan fingerprint density at radius 2 is 2.00 bits per heavy atom. The minimum Gasteiger partial charge on any atom is -0.439 e. The Kier molecular flexibility index (Phi) is 2.96. The van der Waals surface area contributed by atoms with E-state index < -0.39 is 23.9 Å². The van der Waals surface area contributed by atoms with Crippen molar-refractivity contribution in [1.29, 1.82) is 0 Å². The molecule has 1 amide bonds. The average molecular weight is 259 g/mol. The number of amides is 1. The van der Waals surface area contributed by atoms with E-state index in [1.54, 1.807) is 13.8 Å². The van der Waals surface area contributed by atoms with E-state index in [4.69, 9.17) is 4.74 Å². The van der Waals surface area contributed by atoms with Gasteiger partial charge in [0.1, 0.15) is 6.10 Å². The summed E-state index contributed by atoms with van der Waals surface area (Å²) in [4.78, 5) is 11.1. The van der Waals surface area contributed by atoms with Gasteiger partial charge in [0.25, 0.3) is 0 Å². The zero-order chi connectivity index (χ0) is 13.5. The summed E-state index contributed by atoms with van der Waals surface area (Å²) in [5.74, 6) is 0. The summed E-state index contributed by atoms with van der Waals surface area (Å²) in [7, 11) is 0. The smallest absolute Gasteiger partial charge is 0.416 e. The standard InChI is InChI=1S/C12H12F3NO2/c1-6-3-4-8(12(13,14)15)5-9(6)10-7(2)16-11(17)18-10/h3-5,7,10H,1-2H3,(H,16,17). The van der Waals surface area contributed by atoms with Crippen LogP contribution < -0.4 is 5.32 Å². The van der Waals surface area contributed by atoms with Crippen LogP contribution in [0, 0.1) is 6.92 Å². The molecule has 6 heteroatoms. The van der Waals surface area contributed by atoms with Crippen molar-refractivity contribution < 1.29 is 22.7 Å². The molecule has 3 nitrogen and oxygen atoms in total. The molecule has 0 aromatic heterocycles. The predicted molar refractivity (Wildman–Crippen MR) is 58.0 cm³/mol. The lowest BCUT2D eigenvalue weighted by Crippen LogP contribution is -2.24. The highest BCUT2D eigenvalue weighted by Crippen LogP contribution is 2.35. The van der Waals surface area contributed by atoms with Crippen LogP contribution in [0.1, 0.15) is 29.7 Å². The van der Waals surface area contributed by atoms with Gasteiger partial charge in [-0.1, -0.05) is 6.07 Å². The highest BCUT2D eigenvalue weighted by molar-refractivity contribution is 5.70. The number of ether oxygens (including phenoxy) is 1. The van der Waals surface area contributed by atoms with Gasteiger partial charge in [-0.2, -0.15) is 13.2 Å². The van der Waals surface area contributed by atoms with Gasteiger partial charge in [0, 0.05) is 0 Å². The number of alkyl carbamates (subject to hydrolysis) is 1. The van der Waals surface area contributed by atoms with Crippen LogP contribution in [0.4, 0.5) is 18.0 Å². The molecular weight excluding hydrogens is 247 g/mol. The van der Waals surface area contributed by atoms with Crippen molar-refractivity contribution in [2.24, 2.45) is 0 Å². The summed E-state index contributed by atoms with van der Waals surface area (Å²) in [6.07, 6.45) is -5.69. The Hall–Kier alpha value is -1.72. The third-order valence-electron chi connectivity index (χ3n) is 2.95. The second-order valence-electron chi connectivity index (χ2n) is 4.33. The summed E-state index contributed by atoms with van der Waals surface area (Å²) >= 11 is 0. The fourth-order valence-corrected chi connectivity index (χ4v) is 1.97. The van der Waals surface area contributed by atoms with E-state index in [0.29, 0.717) is 11.1 Å². The molecule has 1 saturated heterocycles. The Balaban J connectivity index is 2.41. The molecule has 0 aliphatic carbocycles. The molecule has 1 aromatic rings. The Bertz CT molecular complexity index is 485. The van der Waals surface area contributed by atoms with Gasteiger partial charge in [-0.25, -0.2) is 4.79 Å². The van der Waals surface area contributed by atoms with E-state index in [-0.39, 0.29) is 6.04 Å². The lowest BCUT2D eigenvalue weighted by atomic mass is 9.97. The topological polar surface area (TPSA) is 38.3 Å². The highest BCUT2D eigenvalue weighted by atomic mass is 19.4. The van der Waals surface area contributed by atoms with Crippen LogP contribution in [0.2, 0.25) is 0 Å². The molecule has 1 heterocycles. The van der Waals surface area contributed by atoms with Crippen molar-refractivity contribution in [3.05, 3.63) is 34.9 Å². The molecule has 1 aromatic carbocycles. The first-order chi connectivity index (χ1) is 8.29. The first-order valence-electron chi connectivity index (χ1n) is 5.44. The minimum absolute atomic E-state index is 0.348. The number of rotatable bonds is 1. The maximum absolute atomic E-state index is 12.6. The van der Waals surface area contributed by atoms with Crippen LogP contribution in [-0.4, -0.2) is 12.1 Å². The van der Waals surface area contributed by atoms with Gasteiger partial charge in [-0.15, -0.1) is 0 Å². The van der Waals surface area contributed by atoms with Crippen molar-refractivity contribution in [3.8, 4) is 0 Å². The largest absolute Gasteiger partial charge is 0.439 e. The van der Waals surface area contributed by atoms with Crippen LogP contribution in [0.3, 0.4) is 0 Å². The summed E-state index contributed by atoms with van der Waals surface area (Å²) in [5.41, 5.74) is 0.310. The number of alkyl halides is 3. The zero-order valence-corrected chi connectivity index (χ0v) is 9.84. The molecule has 1 aliphatic rings. The normalized spacial score (nSPS) is 23.7. The van der Waals surface area contributed by atoms with Crippen LogP contribution in [0.25, 0.3) is 0 Å². The maximum Gasteiger partial charge on any atom is 0.416 e. The maximum atomic E-state index is 12.6. The van der Waals surface area contributed by atoms with Crippen LogP contribution >= 0.6 is 0 Å². The number of halogens is 3. The summed E-state index contributed by atoms with van der Waals surface area (Å²) in [5, 5.41) is 2.51. The third-order valence-corrected chi connectivity index (χ3v) is 2.95. The first-order valence-corrected chi connectivity index (χ1v) is 5.44. The molecule has 98 valence electrons. The van der Waals surface area contributed by atoms with E-state index in [2.05, 4.69) is 5.32 Å². The first kappa shape index (κ1) is 12.7. The molecule has 0 radical (unpaired) electrons. The van der Waals surface area contributed by atoms with Gasteiger partial charge in [0.15, 0.2) is 0 Å². The third kappa shape index (κ3) is 2.27. The number of benzene rings is 1. The SMILES string of the molecule is Cc1ccc(C(F)(F)F)cc1C1OC(=O)NC1C. The number of hydrogen-bond donors (Lipinski definition) is 1. The van der Waals surface area contributed by atoms with E-state index >= 15 is 0 Å². The number of aryl methyl sites for hydroxylation is 1. The molecule has 0 bridgehead atoms. The molecule has 1 fully saturated rings. The fourth-order valence-electron chi connectivity index (χ4n) is 1.97. The van der Waals surface area contributed by atoms with Gasteiger partial charge >= 0.3 is 12.3 Å². The molecule has 1 N–H and O–H groups in total. The summed E-state index contributed by atoms with van der Waals surface area (Å²) < 4.78 is 42.9. The highest BCUT2D eigenvalue weighted by Gasteiger charge is 2.36. The number of cyclic esters (lactones) is 1. The fraction of sp³-hybridized carbons (Fsp3) is 0.417. The minimum atomic E-state index is -4.40. The van der Waals surface area contributed by atoms with Crippen molar-refractivity contribution in [1.82, 2.24) is 5.32 Å². The Morgan fingerprint density at radius 3 is 2.50 bits per heavy atom. The van der Waals surface area contributed by atoms with Gasteiger partial charge in [-0.05, 0) is 37.1 Å². The van der Waals surface area contributed by atoms with E-state index in [1.165, 1.54) is 6.07 Å². The van der Waals surface area contributed by atoms with E-state index in [0.717, 1.165) is 12.1 Å². The Labute approximate surface area is 102 Å². The monoisotopic (exact) mass is 259 g/mol. The van der Waals surface area contributed by atoms with Crippen molar-refractivity contribution in [2.75, 3.05) is 0 Å². The number of hydrogen-bond acceptors (Lipinski definition) is 2. The molecule has 1 aliphatic heterocycles. The molecule has 2 rings (SSSR count). The predicted octanol–water partition coefficient (Wildman–Crippen LogP) is 3.18. The number of carbonyl (C=O) groups is 1. The number of carbonyl (C=O) groups excluding carboxylic acids is 1. The summed E-state index contributed by atoms with van der Waals surface area (Å²) in [6, 6.07) is 3.10. The van der Waals surface area contributed by atoms with Gasteiger partial charge in [-0.3, -0.25) is 0 Å². The lowest BCUT2D eigenvalue weighted by molar-refractivity contribution is -0.137. The second kappa shape index (κ2) is 4.19. The number of nitrogens with one attached hydrogen (secondary N) is 1. The molecule has 0 saturated carbocycles. The van der Waals surface area contributed by atoms with Crippen molar-refractivity contribution in [2.45, 2.75) is 32.2 Å². The van der Waals surface area contributed by atoms with Crippen LogP contribution in [0.5, 0.6) is 0 Å². The van der Waals surface area contributed by atoms with Gasteiger partial charge in [0.05, 0.1) is 11.6 Å². The van der Waals surface area contributed by atoms with Gasteiger partial charge in [0.2, 0.25) is 0 Å². The zero-order valence-electron chi connectivity index (χ0n) is 9.84. The van der Waals surface area contributed by atoms with Crippen molar-refractivity contribution >= 4 is 6.09 Å². The molecule has 18 heavy (non-hydrogen) atoms. The molecular formula is C12H12F3NO2. The van der Waals surface area contributed by atoms with E-state index in [1.807, 2.05) is 0 Å². The second-order valence-corrected chi connectivity index (χ2v) is 4.33. The molecule has 2 unspecified atom stereocenters. The molecule has 0 spiro atoms. The van der Waals surface area contributed by atoms with Crippen LogP contribution in [-0.2, 0) is 10.9 Å². The quantitative estimate of drug-likeness (QED) is 0.841. The summed E-state index contributed by atoms with van der Waals surface area (Å²) in [6.45, 7) is 3.38. The van der Waals surface area contributed by atoms with E-state index in [9.17, 15) is 18.0 Å². The lowest BCUT2D eigenvalue weighted by Gasteiger charge is -2.17. The van der Waals surface area contributed by atoms with Crippen molar-refractivity contribution in [3.63, 3.8) is 0 Å². The molecule has 2 atom stereocenters. The average Bonchev–Trinajstić information content (AvgIpc) is 2.56. The van der Waals surface area contributed by atoms with Gasteiger partial charge < -0.3 is 10.1 Å².